The molecule has 0 bridgehead atoms. The van der Waals surface area contributed by atoms with Crippen molar-refractivity contribution in [1.82, 2.24) is 0 Å². The summed E-state index contributed by atoms with van der Waals surface area (Å²) in [6, 6.07) is 6.10. The van der Waals surface area contributed by atoms with Crippen LogP contribution >= 0.6 is 0 Å². The number of Topliss-reactive ketones (excluding diaryl/α,β-unsaturated/α-hetero) is 1. The minimum absolute atomic E-state index is 0.130. The summed E-state index contributed by atoms with van der Waals surface area (Å²) in [5.41, 5.74) is 1.64. The van der Waals surface area contributed by atoms with E-state index in [1.807, 2.05) is 6.92 Å². The van der Waals surface area contributed by atoms with Crippen molar-refractivity contribution in [3.63, 3.8) is 0 Å². The van der Waals surface area contributed by atoms with E-state index in [1.54, 1.807) is 18.3 Å². The maximum Gasteiger partial charge on any atom is 0.163 e. The third kappa shape index (κ3) is 2.93. The smallest absolute Gasteiger partial charge is 0.163 e. The standard InChI is InChI=1S/C14H16FNO/c1-10-3-2-4-11(14(10)17)9-16-13-7-5-12(15)6-8-13/h5-10,16H,2-4H2,1H3/b11-9-/t10-/m1/s1. The highest BCUT2D eigenvalue weighted by Crippen LogP contribution is 2.24. The van der Waals surface area contributed by atoms with Crippen LogP contribution < -0.4 is 5.32 Å². The molecule has 1 aromatic carbocycles. The van der Waals surface area contributed by atoms with E-state index in [0.717, 1.165) is 30.5 Å². The first kappa shape index (κ1) is 11.8. The lowest BCUT2D eigenvalue weighted by Gasteiger charge is -2.19. The predicted molar refractivity (Wildman–Crippen MR) is 66.1 cm³/mol. The van der Waals surface area contributed by atoms with Crippen LogP contribution in [0.3, 0.4) is 0 Å². The van der Waals surface area contributed by atoms with Crippen molar-refractivity contribution in [2.75, 3.05) is 5.32 Å². The highest BCUT2D eigenvalue weighted by atomic mass is 19.1. The first-order chi connectivity index (χ1) is 8.16. The van der Waals surface area contributed by atoms with Crippen molar-refractivity contribution >= 4 is 11.5 Å². The second-order valence-corrected chi connectivity index (χ2v) is 4.48. The Labute approximate surface area is 101 Å². The Balaban J connectivity index is 2.04. The van der Waals surface area contributed by atoms with Gasteiger partial charge in [-0.05, 0) is 43.5 Å². The minimum atomic E-state index is -0.259. The fraction of sp³-hybridized carbons (Fsp3) is 0.357. The molecule has 1 aromatic rings. The number of ketones is 1. The van der Waals surface area contributed by atoms with E-state index in [1.165, 1.54) is 12.1 Å². The van der Waals surface area contributed by atoms with Crippen LogP contribution in [0.5, 0.6) is 0 Å². The quantitative estimate of drug-likeness (QED) is 0.792. The Bertz CT molecular complexity index is 436. The average molecular weight is 233 g/mol. The Morgan fingerprint density at radius 2 is 2.06 bits per heavy atom. The molecule has 0 unspecified atom stereocenters. The van der Waals surface area contributed by atoms with Gasteiger partial charge in [-0.25, -0.2) is 4.39 Å². The molecule has 2 nitrogen and oxygen atoms in total. The van der Waals surface area contributed by atoms with Crippen molar-refractivity contribution < 1.29 is 9.18 Å². The number of carbonyl (C=O) groups excluding carboxylic acids is 1. The monoisotopic (exact) mass is 233 g/mol. The van der Waals surface area contributed by atoms with Crippen LogP contribution in [-0.2, 0) is 4.79 Å². The zero-order valence-electron chi connectivity index (χ0n) is 9.87. The topological polar surface area (TPSA) is 29.1 Å². The summed E-state index contributed by atoms with van der Waals surface area (Å²) in [6.45, 7) is 1.97. The van der Waals surface area contributed by atoms with Crippen molar-refractivity contribution in [2.24, 2.45) is 5.92 Å². The molecule has 17 heavy (non-hydrogen) atoms. The molecule has 1 atom stereocenters. The molecular weight excluding hydrogens is 217 g/mol. The summed E-state index contributed by atoms with van der Waals surface area (Å²) in [5, 5.41) is 3.04. The van der Waals surface area contributed by atoms with Gasteiger partial charge in [0.25, 0.3) is 0 Å². The summed E-state index contributed by atoms with van der Waals surface area (Å²) in [6.07, 6.45) is 4.62. The van der Waals surface area contributed by atoms with E-state index in [4.69, 9.17) is 0 Å². The molecule has 0 aromatic heterocycles. The number of carbonyl (C=O) groups is 1. The average Bonchev–Trinajstić information content (AvgIpc) is 2.33. The van der Waals surface area contributed by atoms with Crippen molar-refractivity contribution in [1.29, 1.82) is 0 Å². The molecule has 0 spiro atoms. The Kier molecular flexibility index (Phi) is 3.57. The van der Waals surface area contributed by atoms with E-state index in [-0.39, 0.29) is 17.5 Å². The molecule has 1 fully saturated rings. The lowest BCUT2D eigenvalue weighted by atomic mass is 9.86. The molecule has 3 heteroatoms. The third-order valence-electron chi connectivity index (χ3n) is 3.10. The van der Waals surface area contributed by atoms with Gasteiger partial charge in [0.1, 0.15) is 5.82 Å². The molecule has 0 aliphatic heterocycles. The van der Waals surface area contributed by atoms with Crippen LogP contribution in [0.15, 0.2) is 36.0 Å². The van der Waals surface area contributed by atoms with E-state index in [2.05, 4.69) is 5.32 Å². The number of benzene rings is 1. The van der Waals surface area contributed by atoms with Crippen molar-refractivity contribution in [2.45, 2.75) is 26.2 Å². The molecule has 1 N–H and O–H groups in total. The van der Waals surface area contributed by atoms with E-state index in [0.29, 0.717) is 0 Å². The molecule has 0 saturated heterocycles. The second kappa shape index (κ2) is 5.13. The van der Waals surface area contributed by atoms with Gasteiger partial charge in [0.15, 0.2) is 5.78 Å². The highest BCUT2D eigenvalue weighted by molar-refractivity contribution is 5.97. The first-order valence-corrected chi connectivity index (χ1v) is 5.92. The Morgan fingerprint density at radius 1 is 1.35 bits per heavy atom. The lowest BCUT2D eigenvalue weighted by molar-refractivity contribution is -0.119. The predicted octanol–water partition coefficient (Wildman–Crippen LogP) is 3.51. The van der Waals surface area contributed by atoms with E-state index in [9.17, 15) is 9.18 Å². The van der Waals surface area contributed by atoms with Crippen LogP contribution in [-0.4, -0.2) is 5.78 Å². The van der Waals surface area contributed by atoms with Crippen LogP contribution in [0.1, 0.15) is 26.2 Å². The lowest BCUT2D eigenvalue weighted by Crippen LogP contribution is -2.19. The molecule has 1 aliphatic carbocycles. The molecule has 2 rings (SSSR count). The number of hydrogen-bond acceptors (Lipinski definition) is 2. The zero-order chi connectivity index (χ0) is 12.3. The van der Waals surface area contributed by atoms with Crippen molar-refractivity contribution in [3.8, 4) is 0 Å². The summed E-state index contributed by atoms with van der Waals surface area (Å²) >= 11 is 0. The zero-order valence-corrected chi connectivity index (χ0v) is 9.87. The highest BCUT2D eigenvalue weighted by Gasteiger charge is 2.22. The fourth-order valence-electron chi connectivity index (χ4n) is 2.03. The maximum atomic E-state index is 12.7. The Morgan fingerprint density at radius 3 is 2.76 bits per heavy atom. The van der Waals surface area contributed by atoms with Crippen LogP contribution in [0, 0.1) is 11.7 Å². The van der Waals surface area contributed by atoms with Gasteiger partial charge in [-0.1, -0.05) is 6.92 Å². The second-order valence-electron chi connectivity index (χ2n) is 4.48. The molecule has 0 heterocycles. The third-order valence-corrected chi connectivity index (χ3v) is 3.10. The maximum absolute atomic E-state index is 12.7. The van der Waals surface area contributed by atoms with Gasteiger partial charge in [-0.3, -0.25) is 4.79 Å². The number of halogens is 1. The number of anilines is 1. The van der Waals surface area contributed by atoms with Gasteiger partial charge in [-0.15, -0.1) is 0 Å². The molecule has 90 valence electrons. The van der Waals surface area contributed by atoms with E-state index >= 15 is 0 Å². The summed E-state index contributed by atoms with van der Waals surface area (Å²) in [4.78, 5) is 11.8. The molecule has 0 amide bonds. The number of hydrogen-bond donors (Lipinski definition) is 1. The Hall–Kier alpha value is -1.64. The molecule has 0 radical (unpaired) electrons. The van der Waals surface area contributed by atoms with Crippen LogP contribution in [0.4, 0.5) is 10.1 Å². The molecule has 1 saturated carbocycles. The van der Waals surface area contributed by atoms with Gasteiger partial charge >= 0.3 is 0 Å². The van der Waals surface area contributed by atoms with Gasteiger partial charge in [0, 0.05) is 23.4 Å². The SMILES string of the molecule is C[C@@H]1CCC/C(=C/Nc2ccc(F)cc2)C1=O. The normalized spacial score (nSPS) is 22.8. The fourth-order valence-corrected chi connectivity index (χ4v) is 2.03. The van der Waals surface area contributed by atoms with Gasteiger partial charge in [0.2, 0.25) is 0 Å². The molecular formula is C14H16FNO. The van der Waals surface area contributed by atoms with Crippen molar-refractivity contribution in [3.05, 3.63) is 41.9 Å². The summed E-state index contributed by atoms with van der Waals surface area (Å²) < 4.78 is 12.7. The largest absolute Gasteiger partial charge is 0.361 e. The molecule has 1 aliphatic rings. The van der Waals surface area contributed by atoms with Gasteiger partial charge < -0.3 is 5.32 Å². The number of allylic oxidation sites excluding steroid dienone is 1. The van der Waals surface area contributed by atoms with Crippen LogP contribution in [0.25, 0.3) is 0 Å². The van der Waals surface area contributed by atoms with Gasteiger partial charge in [-0.2, -0.15) is 0 Å². The van der Waals surface area contributed by atoms with E-state index < -0.39 is 0 Å². The number of rotatable bonds is 2. The van der Waals surface area contributed by atoms with Crippen LogP contribution in [0.2, 0.25) is 0 Å². The minimum Gasteiger partial charge on any atom is -0.361 e. The summed E-state index contributed by atoms with van der Waals surface area (Å²) in [5.74, 6) is 0.0986. The summed E-state index contributed by atoms with van der Waals surface area (Å²) in [7, 11) is 0. The number of nitrogens with one attached hydrogen (secondary N) is 1. The first-order valence-electron chi connectivity index (χ1n) is 5.92. The van der Waals surface area contributed by atoms with Gasteiger partial charge in [0.05, 0.1) is 0 Å².